The fraction of sp³-hybridized carbons (Fsp3) is 0.211. The number of carbonyl (C=O) groups is 1. The number of hydrogen-bond donors (Lipinski definition) is 1. The van der Waals surface area contributed by atoms with Gasteiger partial charge in [0.25, 0.3) is 5.91 Å². The predicted molar refractivity (Wildman–Crippen MR) is 92.9 cm³/mol. The minimum Gasteiger partial charge on any atom is -0.481 e. The molecule has 2 aromatic carbocycles. The number of hydrazone groups is 1. The highest BCUT2D eigenvalue weighted by Crippen LogP contribution is 2.13. The Balaban J connectivity index is 1.91. The second-order valence-electron chi connectivity index (χ2n) is 5.49. The van der Waals surface area contributed by atoms with E-state index in [-0.39, 0.29) is 5.91 Å². The van der Waals surface area contributed by atoms with Gasteiger partial charge in [-0.25, -0.2) is 5.43 Å². The average molecular weight is 321 g/mol. The molecule has 0 heterocycles. The number of amides is 1. The first-order chi connectivity index (χ1) is 11.5. The molecule has 5 nitrogen and oxygen atoms in total. The summed E-state index contributed by atoms with van der Waals surface area (Å²) in [5.74, 6) is 0.176. The van der Waals surface area contributed by atoms with Crippen LogP contribution >= 0.6 is 0 Å². The van der Waals surface area contributed by atoms with Crippen LogP contribution in [0, 0.1) is 25.2 Å². The Morgan fingerprint density at radius 2 is 1.96 bits per heavy atom. The average Bonchev–Trinajstić information content (AvgIpc) is 2.57. The SMILES string of the molecule is Cc1ccc(/C=N/NC(=O)C(C)Oc2ccc(C#N)cc2)c(C)c1. The van der Waals surface area contributed by atoms with Crippen molar-refractivity contribution < 1.29 is 9.53 Å². The Kier molecular flexibility index (Phi) is 5.69. The molecule has 0 saturated carbocycles. The van der Waals surface area contributed by atoms with Crippen molar-refractivity contribution in [1.82, 2.24) is 5.43 Å². The number of hydrogen-bond acceptors (Lipinski definition) is 4. The second-order valence-corrected chi connectivity index (χ2v) is 5.49. The molecule has 0 aliphatic heterocycles. The Hall–Kier alpha value is -3.13. The molecule has 0 radical (unpaired) electrons. The maximum atomic E-state index is 12.0. The summed E-state index contributed by atoms with van der Waals surface area (Å²) in [6, 6.07) is 14.6. The van der Waals surface area contributed by atoms with E-state index in [0.717, 1.165) is 11.1 Å². The third kappa shape index (κ3) is 4.68. The van der Waals surface area contributed by atoms with Crippen LogP contribution in [0.2, 0.25) is 0 Å². The number of rotatable bonds is 5. The van der Waals surface area contributed by atoms with Gasteiger partial charge in [0.2, 0.25) is 0 Å². The van der Waals surface area contributed by atoms with Crippen molar-refractivity contribution in [1.29, 1.82) is 5.26 Å². The van der Waals surface area contributed by atoms with Gasteiger partial charge in [0.15, 0.2) is 6.10 Å². The van der Waals surface area contributed by atoms with Crippen molar-refractivity contribution in [3.63, 3.8) is 0 Å². The van der Waals surface area contributed by atoms with Crippen LogP contribution in [0.25, 0.3) is 0 Å². The van der Waals surface area contributed by atoms with Crippen molar-refractivity contribution in [2.24, 2.45) is 5.10 Å². The van der Waals surface area contributed by atoms with Crippen LogP contribution in [-0.2, 0) is 4.79 Å². The Morgan fingerprint density at radius 1 is 1.25 bits per heavy atom. The van der Waals surface area contributed by atoms with Crippen LogP contribution in [0.15, 0.2) is 47.6 Å². The largest absolute Gasteiger partial charge is 0.481 e. The van der Waals surface area contributed by atoms with Gasteiger partial charge >= 0.3 is 0 Å². The molecule has 0 aromatic heterocycles. The first kappa shape index (κ1) is 17.2. The summed E-state index contributed by atoms with van der Waals surface area (Å²) in [4.78, 5) is 12.0. The molecule has 2 aromatic rings. The molecule has 1 N–H and O–H groups in total. The van der Waals surface area contributed by atoms with E-state index >= 15 is 0 Å². The number of nitrogens with zero attached hydrogens (tertiary/aromatic N) is 2. The fourth-order valence-electron chi connectivity index (χ4n) is 2.09. The van der Waals surface area contributed by atoms with E-state index in [1.807, 2.05) is 32.0 Å². The third-order valence-corrected chi connectivity index (χ3v) is 3.47. The van der Waals surface area contributed by atoms with Gasteiger partial charge in [-0.3, -0.25) is 4.79 Å². The maximum absolute atomic E-state index is 12.0. The van der Waals surface area contributed by atoms with Gasteiger partial charge in [0.05, 0.1) is 17.8 Å². The second kappa shape index (κ2) is 7.93. The summed E-state index contributed by atoms with van der Waals surface area (Å²) in [7, 11) is 0. The minimum absolute atomic E-state index is 0.347. The lowest BCUT2D eigenvalue weighted by atomic mass is 10.1. The van der Waals surface area contributed by atoms with E-state index < -0.39 is 6.10 Å². The van der Waals surface area contributed by atoms with Crippen molar-refractivity contribution >= 4 is 12.1 Å². The molecule has 0 spiro atoms. The molecular formula is C19H19N3O2. The van der Waals surface area contributed by atoms with Gasteiger partial charge in [-0.05, 0) is 56.2 Å². The van der Waals surface area contributed by atoms with E-state index in [1.165, 1.54) is 5.56 Å². The molecule has 0 bridgehead atoms. The molecule has 5 heteroatoms. The molecule has 1 atom stereocenters. The van der Waals surface area contributed by atoms with Gasteiger partial charge < -0.3 is 4.74 Å². The van der Waals surface area contributed by atoms with Crippen LogP contribution in [0.1, 0.15) is 29.2 Å². The standard InChI is InChI=1S/C19H19N3O2/c1-13-4-7-17(14(2)10-13)12-21-22-19(23)15(3)24-18-8-5-16(11-20)6-9-18/h4-10,12,15H,1-3H3,(H,22,23)/b21-12+. The van der Waals surface area contributed by atoms with Crippen LogP contribution < -0.4 is 10.2 Å². The van der Waals surface area contributed by atoms with E-state index in [2.05, 4.69) is 16.6 Å². The highest BCUT2D eigenvalue weighted by atomic mass is 16.5. The zero-order valence-corrected chi connectivity index (χ0v) is 13.9. The number of carbonyl (C=O) groups excluding carboxylic acids is 1. The molecule has 1 amide bonds. The normalized spacial score (nSPS) is 11.8. The van der Waals surface area contributed by atoms with E-state index in [0.29, 0.717) is 11.3 Å². The Bertz CT molecular complexity index is 789. The lowest BCUT2D eigenvalue weighted by molar-refractivity contribution is -0.127. The molecule has 0 fully saturated rings. The summed E-state index contributed by atoms with van der Waals surface area (Å²) in [5.41, 5.74) is 6.23. The van der Waals surface area contributed by atoms with Crippen molar-refractivity contribution in [3.8, 4) is 11.8 Å². The van der Waals surface area contributed by atoms with Gasteiger partial charge in [-0.2, -0.15) is 10.4 Å². The first-order valence-corrected chi connectivity index (χ1v) is 7.56. The summed E-state index contributed by atoms with van der Waals surface area (Å²) in [6.07, 6.45) is 0.912. The quantitative estimate of drug-likeness (QED) is 0.679. The van der Waals surface area contributed by atoms with Crippen LogP contribution in [0.4, 0.5) is 0 Å². The summed E-state index contributed by atoms with van der Waals surface area (Å²) < 4.78 is 5.52. The fourth-order valence-corrected chi connectivity index (χ4v) is 2.09. The molecular weight excluding hydrogens is 302 g/mol. The van der Waals surface area contributed by atoms with Gasteiger partial charge in [-0.15, -0.1) is 0 Å². The van der Waals surface area contributed by atoms with E-state index in [1.54, 1.807) is 37.4 Å². The van der Waals surface area contributed by atoms with Crippen LogP contribution in [0.5, 0.6) is 5.75 Å². The van der Waals surface area contributed by atoms with Gasteiger partial charge in [0.1, 0.15) is 5.75 Å². The van der Waals surface area contributed by atoms with Crippen molar-refractivity contribution in [2.45, 2.75) is 26.9 Å². The van der Waals surface area contributed by atoms with Gasteiger partial charge in [0, 0.05) is 0 Å². The summed E-state index contributed by atoms with van der Waals surface area (Å²) >= 11 is 0. The lowest BCUT2D eigenvalue weighted by Crippen LogP contribution is -2.33. The zero-order chi connectivity index (χ0) is 17.5. The molecule has 1 unspecified atom stereocenters. The van der Waals surface area contributed by atoms with Crippen LogP contribution in [-0.4, -0.2) is 18.2 Å². The summed E-state index contributed by atoms with van der Waals surface area (Å²) in [5, 5.41) is 12.7. The maximum Gasteiger partial charge on any atom is 0.280 e. The van der Waals surface area contributed by atoms with E-state index in [9.17, 15) is 4.79 Å². The predicted octanol–water partition coefficient (Wildman–Crippen LogP) is 3.09. The zero-order valence-electron chi connectivity index (χ0n) is 13.9. The number of ether oxygens (including phenoxy) is 1. The Morgan fingerprint density at radius 3 is 2.58 bits per heavy atom. The number of nitriles is 1. The smallest absolute Gasteiger partial charge is 0.280 e. The highest BCUT2D eigenvalue weighted by Gasteiger charge is 2.13. The van der Waals surface area contributed by atoms with Gasteiger partial charge in [-0.1, -0.05) is 23.8 Å². The summed E-state index contributed by atoms with van der Waals surface area (Å²) in [6.45, 7) is 5.66. The number of nitrogens with one attached hydrogen (secondary N) is 1. The van der Waals surface area contributed by atoms with E-state index in [4.69, 9.17) is 10.00 Å². The molecule has 0 aliphatic rings. The Labute approximate surface area is 141 Å². The van der Waals surface area contributed by atoms with Crippen molar-refractivity contribution in [3.05, 3.63) is 64.7 Å². The first-order valence-electron chi connectivity index (χ1n) is 7.56. The third-order valence-electron chi connectivity index (χ3n) is 3.47. The molecule has 0 aliphatic carbocycles. The van der Waals surface area contributed by atoms with Crippen LogP contribution in [0.3, 0.4) is 0 Å². The lowest BCUT2D eigenvalue weighted by Gasteiger charge is -2.12. The minimum atomic E-state index is -0.700. The highest BCUT2D eigenvalue weighted by molar-refractivity contribution is 5.85. The molecule has 24 heavy (non-hydrogen) atoms. The van der Waals surface area contributed by atoms with Crippen molar-refractivity contribution in [2.75, 3.05) is 0 Å². The molecule has 2 rings (SSSR count). The molecule has 0 saturated heterocycles. The number of benzene rings is 2. The molecule has 122 valence electrons. The topological polar surface area (TPSA) is 74.5 Å². The number of aryl methyl sites for hydroxylation is 2. The monoisotopic (exact) mass is 321 g/mol.